The van der Waals surface area contributed by atoms with Gasteiger partial charge in [-0.05, 0) is 36.6 Å². The van der Waals surface area contributed by atoms with E-state index in [9.17, 15) is 0 Å². The summed E-state index contributed by atoms with van der Waals surface area (Å²) in [5.74, 6) is 1.42. The molecule has 0 heterocycles. The van der Waals surface area contributed by atoms with Crippen LogP contribution in [-0.2, 0) is 13.2 Å². The Balaban J connectivity index is 1.59. The first kappa shape index (κ1) is 21.4. The van der Waals surface area contributed by atoms with Crippen LogP contribution in [-0.4, -0.2) is 6.61 Å². The Morgan fingerprint density at radius 3 is 2.45 bits per heavy atom. The maximum atomic E-state index is 6.33. The molecule has 0 saturated heterocycles. The Kier molecular flexibility index (Phi) is 6.86. The molecule has 0 aliphatic carbocycles. The van der Waals surface area contributed by atoms with Crippen molar-refractivity contribution in [3.63, 3.8) is 0 Å². The molecule has 0 aromatic heterocycles. The molecular formula is C26H23Cl2NO2. The number of halogens is 2. The topological polar surface area (TPSA) is 30.5 Å². The predicted octanol–water partition coefficient (Wildman–Crippen LogP) is 7.74. The first-order valence-corrected chi connectivity index (χ1v) is 10.9. The molecule has 5 heteroatoms. The van der Waals surface area contributed by atoms with Crippen LogP contribution in [0.3, 0.4) is 0 Å². The van der Waals surface area contributed by atoms with Crippen molar-refractivity contribution in [2.75, 3.05) is 11.9 Å². The van der Waals surface area contributed by atoms with Crippen molar-refractivity contribution < 1.29 is 9.47 Å². The quantitative estimate of drug-likeness (QED) is 0.297. The highest BCUT2D eigenvalue weighted by molar-refractivity contribution is 6.35. The molecule has 4 aromatic rings. The minimum Gasteiger partial charge on any atom is -0.490 e. The van der Waals surface area contributed by atoms with Gasteiger partial charge in [0, 0.05) is 38.8 Å². The van der Waals surface area contributed by atoms with Crippen LogP contribution >= 0.6 is 23.2 Å². The Morgan fingerprint density at radius 2 is 1.61 bits per heavy atom. The predicted molar refractivity (Wildman–Crippen MR) is 130 cm³/mol. The maximum absolute atomic E-state index is 6.33. The Hall–Kier alpha value is -2.88. The third kappa shape index (κ3) is 5.07. The van der Waals surface area contributed by atoms with E-state index in [1.54, 1.807) is 6.07 Å². The van der Waals surface area contributed by atoms with Crippen LogP contribution in [0.15, 0.2) is 78.9 Å². The molecule has 0 bridgehead atoms. The van der Waals surface area contributed by atoms with E-state index < -0.39 is 0 Å². The summed E-state index contributed by atoms with van der Waals surface area (Å²) in [4.78, 5) is 0. The number of ether oxygens (including phenoxy) is 2. The van der Waals surface area contributed by atoms with Gasteiger partial charge in [-0.15, -0.1) is 0 Å². The van der Waals surface area contributed by atoms with Crippen molar-refractivity contribution in [3.8, 4) is 11.5 Å². The van der Waals surface area contributed by atoms with E-state index in [2.05, 4.69) is 35.6 Å². The zero-order chi connectivity index (χ0) is 21.6. The van der Waals surface area contributed by atoms with Gasteiger partial charge in [0.25, 0.3) is 0 Å². The third-order valence-electron chi connectivity index (χ3n) is 5.01. The summed E-state index contributed by atoms with van der Waals surface area (Å²) < 4.78 is 12.0. The van der Waals surface area contributed by atoms with Gasteiger partial charge in [0.05, 0.1) is 6.61 Å². The minimum atomic E-state index is 0.321. The monoisotopic (exact) mass is 451 g/mol. The molecule has 0 atom stereocenters. The van der Waals surface area contributed by atoms with Crippen LogP contribution < -0.4 is 14.8 Å². The summed E-state index contributed by atoms with van der Waals surface area (Å²) in [5, 5.41) is 7.11. The Morgan fingerprint density at radius 1 is 0.806 bits per heavy atom. The van der Waals surface area contributed by atoms with E-state index in [0.29, 0.717) is 41.3 Å². The van der Waals surface area contributed by atoms with Crippen molar-refractivity contribution in [1.82, 2.24) is 0 Å². The van der Waals surface area contributed by atoms with Gasteiger partial charge in [0.15, 0.2) is 11.5 Å². The van der Waals surface area contributed by atoms with Crippen LogP contribution in [0.2, 0.25) is 10.0 Å². The fourth-order valence-corrected chi connectivity index (χ4v) is 3.96. The minimum absolute atomic E-state index is 0.321. The van der Waals surface area contributed by atoms with Crippen molar-refractivity contribution in [2.45, 2.75) is 20.1 Å². The molecule has 0 saturated carbocycles. The molecule has 0 amide bonds. The number of nitrogens with one attached hydrogen (secondary N) is 1. The lowest BCUT2D eigenvalue weighted by molar-refractivity contribution is 0.267. The number of rotatable bonds is 8. The second-order valence-corrected chi connectivity index (χ2v) is 7.93. The van der Waals surface area contributed by atoms with Crippen molar-refractivity contribution in [3.05, 3.63) is 100 Å². The third-order valence-corrected chi connectivity index (χ3v) is 5.59. The van der Waals surface area contributed by atoms with Gasteiger partial charge in [-0.25, -0.2) is 0 Å². The first-order chi connectivity index (χ1) is 15.2. The van der Waals surface area contributed by atoms with Gasteiger partial charge in [-0.1, -0.05) is 77.8 Å². The molecule has 3 nitrogen and oxygen atoms in total. The molecule has 31 heavy (non-hydrogen) atoms. The van der Waals surface area contributed by atoms with E-state index in [-0.39, 0.29) is 0 Å². The summed E-state index contributed by atoms with van der Waals surface area (Å²) in [5.41, 5.74) is 2.95. The lowest BCUT2D eigenvalue weighted by Crippen LogP contribution is -2.06. The van der Waals surface area contributed by atoms with Crippen molar-refractivity contribution >= 4 is 39.7 Å². The van der Waals surface area contributed by atoms with Gasteiger partial charge in [-0.2, -0.15) is 0 Å². The van der Waals surface area contributed by atoms with Gasteiger partial charge in [0.2, 0.25) is 0 Å². The average Bonchev–Trinajstić information content (AvgIpc) is 2.78. The van der Waals surface area contributed by atoms with Crippen LogP contribution in [0, 0.1) is 0 Å². The summed E-state index contributed by atoms with van der Waals surface area (Å²) in [6, 6.07) is 25.9. The van der Waals surface area contributed by atoms with Crippen LogP contribution in [0.25, 0.3) is 10.8 Å². The summed E-state index contributed by atoms with van der Waals surface area (Å²) in [7, 11) is 0. The van der Waals surface area contributed by atoms with Crippen molar-refractivity contribution in [2.24, 2.45) is 0 Å². The standard InChI is InChI=1S/C26H23Cl2NO2/c1-2-30-25-12-6-9-19(26(25)31-17-20-13-14-21(27)15-23(20)28)16-29-24-11-5-8-18-7-3-4-10-22(18)24/h3-15,29H,2,16-17H2,1H3. The van der Waals surface area contributed by atoms with Gasteiger partial charge in [-0.3, -0.25) is 0 Å². The van der Waals surface area contributed by atoms with E-state index in [4.69, 9.17) is 32.7 Å². The number of fused-ring (bicyclic) bond motifs is 1. The fraction of sp³-hybridized carbons (Fsp3) is 0.154. The Labute approximate surface area is 192 Å². The van der Waals surface area contributed by atoms with E-state index in [0.717, 1.165) is 16.8 Å². The SMILES string of the molecule is CCOc1cccc(CNc2cccc3ccccc23)c1OCc1ccc(Cl)cc1Cl. The number of anilines is 1. The Bertz CT molecular complexity index is 1190. The highest BCUT2D eigenvalue weighted by Crippen LogP contribution is 2.34. The summed E-state index contributed by atoms with van der Waals surface area (Å²) >= 11 is 12.3. The van der Waals surface area contributed by atoms with Crippen LogP contribution in [0.4, 0.5) is 5.69 Å². The number of hydrogen-bond acceptors (Lipinski definition) is 3. The smallest absolute Gasteiger partial charge is 0.166 e. The molecule has 1 N–H and O–H groups in total. The fourth-order valence-electron chi connectivity index (χ4n) is 3.49. The summed E-state index contributed by atoms with van der Waals surface area (Å²) in [6.07, 6.45) is 0. The molecule has 0 fully saturated rings. The largest absolute Gasteiger partial charge is 0.490 e. The molecule has 0 aliphatic rings. The van der Waals surface area contributed by atoms with E-state index in [1.807, 2.05) is 49.4 Å². The van der Waals surface area contributed by atoms with Gasteiger partial charge < -0.3 is 14.8 Å². The second kappa shape index (κ2) is 9.95. The molecule has 158 valence electrons. The molecule has 0 unspecified atom stereocenters. The summed E-state index contributed by atoms with van der Waals surface area (Å²) in [6.45, 7) is 3.43. The highest BCUT2D eigenvalue weighted by atomic mass is 35.5. The average molecular weight is 452 g/mol. The van der Waals surface area contributed by atoms with Gasteiger partial charge in [0.1, 0.15) is 6.61 Å². The highest BCUT2D eigenvalue weighted by Gasteiger charge is 2.13. The zero-order valence-corrected chi connectivity index (χ0v) is 18.7. The van der Waals surface area contributed by atoms with E-state index in [1.165, 1.54) is 10.8 Å². The maximum Gasteiger partial charge on any atom is 0.166 e. The first-order valence-electron chi connectivity index (χ1n) is 10.2. The number of benzene rings is 4. The zero-order valence-electron chi connectivity index (χ0n) is 17.2. The molecule has 0 radical (unpaired) electrons. The molecule has 4 aromatic carbocycles. The molecular weight excluding hydrogens is 429 g/mol. The molecule has 0 aliphatic heterocycles. The second-order valence-electron chi connectivity index (χ2n) is 7.08. The van der Waals surface area contributed by atoms with Crippen LogP contribution in [0.1, 0.15) is 18.1 Å². The van der Waals surface area contributed by atoms with Crippen molar-refractivity contribution in [1.29, 1.82) is 0 Å². The molecule has 0 spiro atoms. The normalized spacial score (nSPS) is 10.8. The lowest BCUT2D eigenvalue weighted by atomic mass is 10.1. The van der Waals surface area contributed by atoms with Gasteiger partial charge >= 0.3 is 0 Å². The molecule has 4 rings (SSSR count). The van der Waals surface area contributed by atoms with Crippen LogP contribution in [0.5, 0.6) is 11.5 Å². The van der Waals surface area contributed by atoms with E-state index >= 15 is 0 Å². The number of para-hydroxylation sites is 1. The number of hydrogen-bond donors (Lipinski definition) is 1. The lowest BCUT2D eigenvalue weighted by Gasteiger charge is -2.18.